The van der Waals surface area contributed by atoms with Gasteiger partial charge in [0.15, 0.2) is 11.5 Å². The largest absolute Gasteiger partial charge is 0.497 e. The molecule has 0 aliphatic carbocycles. The van der Waals surface area contributed by atoms with Crippen molar-refractivity contribution in [1.82, 2.24) is 15.5 Å². The highest BCUT2D eigenvalue weighted by atomic mass is 16.5. The van der Waals surface area contributed by atoms with E-state index in [0.29, 0.717) is 28.6 Å². The van der Waals surface area contributed by atoms with Crippen molar-refractivity contribution in [1.29, 1.82) is 0 Å². The highest BCUT2D eigenvalue weighted by molar-refractivity contribution is 5.95. The number of rotatable bonds is 8. The van der Waals surface area contributed by atoms with Crippen molar-refractivity contribution >= 4 is 5.91 Å². The summed E-state index contributed by atoms with van der Waals surface area (Å²) in [7, 11) is 6.06. The topological polar surface area (TPSA) is 105 Å². The highest BCUT2D eigenvalue weighted by Gasteiger charge is 2.17. The van der Waals surface area contributed by atoms with Crippen LogP contribution in [0.15, 0.2) is 40.9 Å². The zero-order valence-corrected chi connectivity index (χ0v) is 16.5. The molecule has 1 N–H and O–H groups in total. The van der Waals surface area contributed by atoms with E-state index in [2.05, 4.69) is 15.5 Å². The molecule has 1 amide bonds. The Morgan fingerprint density at radius 3 is 2.17 bits per heavy atom. The molecule has 0 atom stereocenters. The standard InChI is InChI=1S/C20H21N3O6/c1-25-14-7-5-12(6-8-14)19-22-17(29-23-19)11-21-20(24)13-9-15(26-2)18(28-4)16(10-13)27-3/h5-10H,11H2,1-4H3,(H,21,24). The number of benzene rings is 2. The molecular formula is C20H21N3O6. The van der Waals surface area contributed by atoms with Crippen LogP contribution in [0.4, 0.5) is 0 Å². The zero-order valence-electron chi connectivity index (χ0n) is 16.5. The second-order valence-corrected chi connectivity index (χ2v) is 5.84. The Bertz CT molecular complexity index is 959. The van der Waals surface area contributed by atoms with Crippen LogP contribution in [0.1, 0.15) is 16.2 Å². The first-order valence-corrected chi connectivity index (χ1v) is 8.64. The van der Waals surface area contributed by atoms with Gasteiger partial charge in [-0.05, 0) is 36.4 Å². The summed E-state index contributed by atoms with van der Waals surface area (Å²) in [4.78, 5) is 16.8. The molecule has 3 rings (SSSR count). The Morgan fingerprint density at radius 2 is 1.62 bits per heavy atom. The molecule has 29 heavy (non-hydrogen) atoms. The molecular weight excluding hydrogens is 378 g/mol. The number of carbonyl (C=O) groups is 1. The van der Waals surface area contributed by atoms with Crippen molar-refractivity contribution in [2.24, 2.45) is 0 Å². The summed E-state index contributed by atoms with van der Waals surface area (Å²) < 4.78 is 26.1. The van der Waals surface area contributed by atoms with Crippen molar-refractivity contribution in [2.75, 3.05) is 28.4 Å². The molecule has 0 aliphatic rings. The van der Waals surface area contributed by atoms with E-state index in [1.54, 1.807) is 31.4 Å². The van der Waals surface area contributed by atoms with Crippen LogP contribution in [0.3, 0.4) is 0 Å². The summed E-state index contributed by atoms with van der Waals surface area (Å²) in [5.74, 6) is 2.26. The van der Waals surface area contributed by atoms with Crippen molar-refractivity contribution in [2.45, 2.75) is 6.54 Å². The average molecular weight is 399 g/mol. The quantitative estimate of drug-likeness (QED) is 0.616. The maximum absolute atomic E-state index is 12.5. The first-order chi connectivity index (χ1) is 14.1. The fraction of sp³-hybridized carbons (Fsp3) is 0.250. The van der Waals surface area contributed by atoms with Crippen molar-refractivity contribution < 1.29 is 28.3 Å². The van der Waals surface area contributed by atoms with E-state index in [1.807, 2.05) is 12.1 Å². The molecule has 1 heterocycles. The Balaban J connectivity index is 1.70. The summed E-state index contributed by atoms with van der Waals surface area (Å²) in [6.07, 6.45) is 0. The number of nitrogens with one attached hydrogen (secondary N) is 1. The van der Waals surface area contributed by atoms with Gasteiger partial charge in [-0.2, -0.15) is 4.98 Å². The molecule has 3 aromatic rings. The van der Waals surface area contributed by atoms with Crippen molar-refractivity contribution in [3.05, 3.63) is 47.9 Å². The number of ether oxygens (including phenoxy) is 4. The number of hydrogen-bond donors (Lipinski definition) is 1. The molecule has 0 fully saturated rings. The van der Waals surface area contributed by atoms with E-state index >= 15 is 0 Å². The minimum Gasteiger partial charge on any atom is -0.497 e. The van der Waals surface area contributed by atoms with E-state index < -0.39 is 0 Å². The first-order valence-electron chi connectivity index (χ1n) is 8.64. The van der Waals surface area contributed by atoms with Gasteiger partial charge in [-0.3, -0.25) is 4.79 Å². The fourth-order valence-electron chi connectivity index (χ4n) is 2.65. The van der Waals surface area contributed by atoms with Crippen molar-refractivity contribution in [3.63, 3.8) is 0 Å². The second-order valence-electron chi connectivity index (χ2n) is 5.84. The van der Waals surface area contributed by atoms with Gasteiger partial charge in [-0.25, -0.2) is 0 Å². The van der Waals surface area contributed by atoms with Crippen LogP contribution in [-0.4, -0.2) is 44.5 Å². The number of nitrogens with zero attached hydrogens (tertiary/aromatic N) is 2. The maximum atomic E-state index is 12.5. The molecule has 0 saturated heterocycles. The first kappa shape index (κ1) is 20.0. The van der Waals surface area contributed by atoms with E-state index in [1.165, 1.54) is 21.3 Å². The lowest BCUT2D eigenvalue weighted by atomic mass is 10.1. The molecule has 0 saturated carbocycles. The molecule has 152 valence electrons. The smallest absolute Gasteiger partial charge is 0.251 e. The number of methoxy groups -OCH3 is 4. The van der Waals surface area contributed by atoms with Gasteiger partial charge in [0.1, 0.15) is 5.75 Å². The summed E-state index contributed by atoms with van der Waals surface area (Å²) in [6, 6.07) is 10.4. The molecule has 0 radical (unpaired) electrons. The van der Waals surface area contributed by atoms with Crippen LogP contribution in [0.25, 0.3) is 11.4 Å². The van der Waals surface area contributed by atoms with Gasteiger partial charge in [0.05, 0.1) is 35.0 Å². The average Bonchev–Trinajstić information content (AvgIpc) is 3.25. The Morgan fingerprint density at radius 1 is 0.966 bits per heavy atom. The molecule has 2 aromatic carbocycles. The van der Waals surface area contributed by atoms with E-state index in [0.717, 1.165) is 11.3 Å². The van der Waals surface area contributed by atoms with E-state index in [4.69, 9.17) is 23.5 Å². The van der Waals surface area contributed by atoms with Crippen LogP contribution in [0.5, 0.6) is 23.0 Å². The van der Waals surface area contributed by atoms with Crippen LogP contribution in [0.2, 0.25) is 0 Å². The third-order valence-corrected chi connectivity index (χ3v) is 4.14. The highest BCUT2D eigenvalue weighted by Crippen LogP contribution is 2.38. The summed E-state index contributed by atoms with van der Waals surface area (Å²) >= 11 is 0. The van der Waals surface area contributed by atoms with E-state index in [9.17, 15) is 4.79 Å². The van der Waals surface area contributed by atoms with Crippen molar-refractivity contribution in [3.8, 4) is 34.4 Å². The number of aromatic nitrogens is 2. The van der Waals surface area contributed by atoms with Gasteiger partial charge in [0, 0.05) is 11.1 Å². The summed E-state index contributed by atoms with van der Waals surface area (Å²) in [5, 5.41) is 6.67. The molecule has 0 aliphatic heterocycles. The molecule has 9 nitrogen and oxygen atoms in total. The second kappa shape index (κ2) is 8.96. The minimum absolute atomic E-state index is 0.0681. The van der Waals surface area contributed by atoms with E-state index in [-0.39, 0.29) is 18.3 Å². The summed E-state index contributed by atoms with van der Waals surface area (Å²) in [6.45, 7) is 0.0681. The molecule has 0 spiro atoms. The molecule has 9 heteroatoms. The monoisotopic (exact) mass is 399 g/mol. The zero-order chi connectivity index (χ0) is 20.8. The third-order valence-electron chi connectivity index (χ3n) is 4.14. The van der Waals surface area contributed by atoms with Crippen LogP contribution in [-0.2, 0) is 6.54 Å². The lowest BCUT2D eigenvalue weighted by Gasteiger charge is -2.13. The van der Waals surface area contributed by atoms with Gasteiger partial charge in [0.25, 0.3) is 5.91 Å². The fourth-order valence-corrected chi connectivity index (χ4v) is 2.65. The van der Waals surface area contributed by atoms with Crippen LogP contribution in [0, 0.1) is 0 Å². The lowest BCUT2D eigenvalue weighted by Crippen LogP contribution is -2.23. The van der Waals surface area contributed by atoms with Crippen LogP contribution < -0.4 is 24.3 Å². The van der Waals surface area contributed by atoms with Gasteiger partial charge in [-0.15, -0.1) is 0 Å². The molecule has 0 unspecified atom stereocenters. The van der Waals surface area contributed by atoms with Gasteiger partial charge < -0.3 is 28.8 Å². The normalized spacial score (nSPS) is 10.3. The number of amides is 1. The molecule has 1 aromatic heterocycles. The van der Waals surface area contributed by atoms with Gasteiger partial charge in [0.2, 0.25) is 17.5 Å². The van der Waals surface area contributed by atoms with Gasteiger partial charge >= 0.3 is 0 Å². The number of carbonyl (C=O) groups excluding carboxylic acids is 1. The Labute approximate surface area is 167 Å². The SMILES string of the molecule is COc1ccc(-c2noc(CNC(=O)c3cc(OC)c(OC)c(OC)c3)n2)cc1. The Hall–Kier alpha value is -3.75. The summed E-state index contributed by atoms with van der Waals surface area (Å²) in [5.41, 5.74) is 1.12. The maximum Gasteiger partial charge on any atom is 0.251 e. The lowest BCUT2D eigenvalue weighted by molar-refractivity contribution is 0.0945. The Kier molecular flexibility index (Phi) is 6.18. The molecule has 0 bridgehead atoms. The predicted octanol–water partition coefficient (Wildman–Crippen LogP) is 2.70. The van der Waals surface area contributed by atoms with Gasteiger partial charge in [-0.1, -0.05) is 5.16 Å². The predicted molar refractivity (Wildman–Crippen MR) is 104 cm³/mol. The van der Waals surface area contributed by atoms with Crippen LogP contribution >= 0.6 is 0 Å². The third kappa shape index (κ3) is 4.40. The number of hydrogen-bond acceptors (Lipinski definition) is 8. The minimum atomic E-state index is -0.353.